The molecule has 0 aromatic carbocycles. The molecule has 2 nitrogen and oxygen atoms in total. The van der Waals surface area contributed by atoms with Crippen LogP contribution in [0.3, 0.4) is 0 Å². The minimum atomic E-state index is 0.571. The molecule has 0 spiro atoms. The standard InChI is InChI=1S/C13H16N2/c1-4-7-13-12(10(2)11(3)14)8-5-6-9-15-13/h4-5,7-9H,1,3,6,14H2,2H3/b12-10+,13-7+. The molecule has 0 amide bonds. The molecular weight excluding hydrogens is 184 g/mol. The van der Waals surface area contributed by atoms with Crippen molar-refractivity contribution in [2.45, 2.75) is 13.3 Å². The molecule has 0 atom stereocenters. The van der Waals surface area contributed by atoms with E-state index in [2.05, 4.69) is 24.2 Å². The van der Waals surface area contributed by atoms with Gasteiger partial charge < -0.3 is 5.73 Å². The largest absolute Gasteiger partial charge is 0.399 e. The maximum absolute atomic E-state index is 5.69. The Kier molecular flexibility index (Phi) is 3.86. The highest BCUT2D eigenvalue weighted by Crippen LogP contribution is 2.22. The third kappa shape index (κ3) is 2.81. The SMILES string of the molecule is C=C/C=C1/N=CCC=C/C1=C(/C)C(=C)N. The lowest BCUT2D eigenvalue weighted by Gasteiger charge is -2.07. The fraction of sp³-hybridized carbons (Fsp3) is 0.154. The van der Waals surface area contributed by atoms with Crippen molar-refractivity contribution in [3.63, 3.8) is 0 Å². The summed E-state index contributed by atoms with van der Waals surface area (Å²) in [6, 6.07) is 0. The number of nitrogens with two attached hydrogens (primary N) is 1. The van der Waals surface area contributed by atoms with Gasteiger partial charge in [-0.3, -0.25) is 4.99 Å². The lowest BCUT2D eigenvalue weighted by molar-refractivity contribution is 1.23. The Balaban J connectivity index is 3.28. The summed E-state index contributed by atoms with van der Waals surface area (Å²) >= 11 is 0. The maximum atomic E-state index is 5.69. The monoisotopic (exact) mass is 200 g/mol. The molecule has 1 aliphatic heterocycles. The van der Waals surface area contributed by atoms with Gasteiger partial charge in [-0.2, -0.15) is 0 Å². The second-order valence-electron chi connectivity index (χ2n) is 3.30. The van der Waals surface area contributed by atoms with Crippen molar-refractivity contribution in [2.75, 3.05) is 0 Å². The third-order valence-corrected chi connectivity index (χ3v) is 2.19. The molecule has 0 fully saturated rings. The van der Waals surface area contributed by atoms with E-state index in [4.69, 9.17) is 5.73 Å². The minimum absolute atomic E-state index is 0.571. The van der Waals surface area contributed by atoms with E-state index in [1.165, 1.54) is 0 Å². The van der Waals surface area contributed by atoms with Crippen LogP contribution in [0.1, 0.15) is 13.3 Å². The quantitative estimate of drug-likeness (QED) is 0.731. The summed E-state index contributed by atoms with van der Waals surface area (Å²) in [6.07, 6.45) is 10.4. The molecule has 0 radical (unpaired) electrons. The molecule has 0 aliphatic carbocycles. The third-order valence-electron chi connectivity index (χ3n) is 2.19. The van der Waals surface area contributed by atoms with Gasteiger partial charge in [0.2, 0.25) is 0 Å². The number of rotatable bonds is 2. The summed E-state index contributed by atoms with van der Waals surface area (Å²) in [6.45, 7) is 9.35. The van der Waals surface area contributed by atoms with E-state index in [0.29, 0.717) is 5.70 Å². The van der Waals surface area contributed by atoms with Crippen molar-refractivity contribution in [3.05, 3.63) is 60.0 Å². The zero-order valence-electron chi connectivity index (χ0n) is 9.03. The van der Waals surface area contributed by atoms with Gasteiger partial charge in [-0.05, 0) is 18.6 Å². The summed E-state index contributed by atoms with van der Waals surface area (Å²) in [5.74, 6) is 0. The zero-order chi connectivity index (χ0) is 11.3. The van der Waals surface area contributed by atoms with Crippen LogP contribution in [-0.2, 0) is 0 Å². The van der Waals surface area contributed by atoms with Gasteiger partial charge in [-0.1, -0.05) is 31.4 Å². The van der Waals surface area contributed by atoms with Crippen molar-refractivity contribution >= 4 is 6.21 Å². The van der Waals surface area contributed by atoms with Crippen LogP contribution >= 0.6 is 0 Å². The molecule has 0 aromatic heterocycles. The molecule has 1 heterocycles. The van der Waals surface area contributed by atoms with Gasteiger partial charge in [0.1, 0.15) is 0 Å². The van der Waals surface area contributed by atoms with E-state index < -0.39 is 0 Å². The van der Waals surface area contributed by atoms with Crippen molar-refractivity contribution in [1.29, 1.82) is 0 Å². The van der Waals surface area contributed by atoms with Crippen LogP contribution in [0.5, 0.6) is 0 Å². The highest BCUT2D eigenvalue weighted by molar-refractivity contribution is 5.66. The summed E-state index contributed by atoms with van der Waals surface area (Å²) in [5, 5.41) is 0. The number of allylic oxidation sites excluding steroid dienone is 5. The number of nitrogens with zero attached hydrogens (tertiary/aromatic N) is 1. The smallest absolute Gasteiger partial charge is 0.0701 e. The van der Waals surface area contributed by atoms with Crippen LogP contribution in [-0.4, -0.2) is 6.21 Å². The van der Waals surface area contributed by atoms with E-state index in [1.807, 2.05) is 25.3 Å². The van der Waals surface area contributed by atoms with E-state index in [9.17, 15) is 0 Å². The maximum Gasteiger partial charge on any atom is 0.0701 e. The normalized spacial score (nSPS) is 21.3. The first-order chi connectivity index (χ1) is 7.16. The van der Waals surface area contributed by atoms with Gasteiger partial charge in [0, 0.05) is 23.9 Å². The molecule has 0 bridgehead atoms. The predicted molar refractivity (Wildman–Crippen MR) is 66.6 cm³/mol. The summed E-state index contributed by atoms with van der Waals surface area (Å²) < 4.78 is 0. The van der Waals surface area contributed by atoms with Crippen LogP contribution in [0, 0.1) is 0 Å². The topological polar surface area (TPSA) is 38.4 Å². The van der Waals surface area contributed by atoms with E-state index >= 15 is 0 Å². The van der Waals surface area contributed by atoms with Crippen molar-refractivity contribution < 1.29 is 0 Å². The Morgan fingerprint density at radius 3 is 2.93 bits per heavy atom. The average molecular weight is 200 g/mol. The second kappa shape index (κ2) is 5.15. The zero-order valence-corrected chi connectivity index (χ0v) is 9.03. The van der Waals surface area contributed by atoms with Crippen LogP contribution in [0.2, 0.25) is 0 Å². The highest BCUT2D eigenvalue weighted by Gasteiger charge is 2.06. The number of hydrogen-bond acceptors (Lipinski definition) is 2. The Bertz CT molecular complexity index is 393. The minimum Gasteiger partial charge on any atom is -0.399 e. The molecular formula is C13H16N2. The average Bonchev–Trinajstić information content (AvgIpc) is 2.43. The Morgan fingerprint density at radius 2 is 2.33 bits per heavy atom. The number of hydrogen-bond donors (Lipinski definition) is 1. The fourth-order valence-corrected chi connectivity index (χ4v) is 1.29. The second-order valence-corrected chi connectivity index (χ2v) is 3.30. The summed E-state index contributed by atoms with van der Waals surface area (Å²) in [7, 11) is 0. The van der Waals surface area contributed by atoms with E-state index in [0.717, 1.165) is 23.3 Å². The van der Waals surface area contributed by atoms with E-state index in [-0.39, 0.29) is 0 Å². The molecule has 1 rings (SSSR count). The molecule has 1 aliphatic rings. The molecule has 0 saturated heterocycles. The van der Waals surface area contributed by atoms with Crippen molar-refractivity contribution in [3.8, 4) is 0 Å². The van der Waals surface area contributed by atoms with Crippen LogP contribution in [0.25, 0.3) is 0 Å². The number of aliphatic imine (C=N–C) groups is 1. The first kappa shape index (κ1) is 11.2. The molecule has 2 N–H and O–H groups in total. The van der Waals surface area contributed by atoms with Crippen LogP contribution in [0.4, 0.5) is 0 Å². The Morgan fingerprint density at radius 1 is 1.60 bits per heavy atom. The molecule has 2 heteroatoms. The van der Waals surface area contributed by atoms with Gasteiger partial charge in [-0.15, -0.1) is 0 Å². The van der Waals surface area contributed by atoms with Crippen molar-refractivity contribution in [1.82, 2.24) is 0 Å². The highest BCUT2D eigenvalue weighted by atomic mass is 14.7. The van der Waals surface area contributed by atoms with Crippen molar-refractivity contribution in [2.24, 2.45) is 10.7 Å². The molecule has 0 saturated carbocycles. The molecule has 0 unspecified atom stereocenters. The summed E-state index contributed by atoms with van der Waals surface area (Å²) in [4.78, 5) is 4.35. The van der Waals surface area contributed by atoms with Gasteiger partial charge in [0.25, 0.3) is 0 Å². The molecule has 15 heavy (non-hydrogen) atoms. The van der Waals surface area contributed by atoms with Gasteiger partial charge >= 0.3 is 0 Å². The lowest BCUT2D eigenvalue weighted by atomic mass is 10.0. The van der Waals surface area contributed by atoms with Crippen LogP contribution < -0.4 is 5.73 Å². The fourth-order valence-electron chi connectivity index (χ4n) is 1.29. The van der Waals surface area contributed by atoms with Crippen LogP contribution in [0.15, 0.2) is 65.0 Å². The first-order valence-electron chi connectivity index (χ1n) is 4.84. The van der Waals surface area contributed by atoms with Gasteiger partial charge in [0.05, 0.1) is 5.70 Å². The summed E-state index contributed by atoms with van der Waals surface area (Å²) in [5.41, 5.74) is 9.10. The lowest BCUT2D eigenvalue weighted by Crippen LogP contribution is -2.00. The molecule has 0 aromatic rings. The first-order valence-corrected chi connectivity index (χ1v) is 4.84. The Labute approximate surface area is 90.9 Å². The van der Waals surface area contributed by atoms with E-state index in [1.54, 1.807) is 6.08 Å². The van der Waals surface area contributed by atoms with Gasteiger partial charge in [-0.25, -0.2) is 0 Å². The van der Waals surface area contributed by atoms with Gasteiger partial charge in [0.15, 0.2) is 0 Å². The Hall–Kier alpha value is -1.83. The predicted octanol–water partition coefficient (Wildman–Crippen LogP) is 2.88. The molecule has 78 valence electrons.